The third-order valence-corrected chi connectivity index (χ3v) is 8.58. The molecule has 45 heavy (non-hydrogen) atoms. The number of nitrogens with two attached hydrogens (primary N) is 1. The van der Waals surface area contributed by atoms with Gasteiger partial charge in [0.2, 0.25) is 5.95 Å². The first-order valence-electron chi connectivity index (χ1n) is 15.9. The van der Waals surface area contributed by atoms with E-state index >= 15 is 4.39 Å². The van der Waals surface area contributed by atoms with E-state index in [9.17, 15) is 14.0 Å². The molecule has 0 bridgehead atoms. The highest BCUT2D eigenvalue weighted by atomic mass is 32.1. The number of halogens is 3. The molecule has 2 aliphatic rings. The van der Waals surface area contributed by atoms with Gasteiger partial charge in [-0.25, -0.2) is 18.7 Å². The number of hydrogen-bond donors (Lipinski definition) is 1. The molecule has 2 atom stereocenters. The summed E-state index contributed by atoms with van der Waals surface area (Å²) in [5.74, 6) is -0.924. The van der Waals surface area contributed by atoms with Crippen LogP contribution >= 0.6 is 11.3 Å². The zero-order chi connectivity index (χ0) is 33.8. The van der Waals surface area contributed by atoms with E-state index in [1.54, 1.807) is 6.20 Å². The number of anilines is 2. The minimum Gasteiger partial charge on any atom is -0.389 e. The molecule has 1 fully saturated rings. The molecule has 10 heteroatoms. The molecule has 0 amide bonds. The molecular weight excluding hydrogens is 595 g/mol. The lowest BCUT2D eigenvalue weighted by Crippen LogP contribution is -2.22. The van der Waals surface area contributed by atoms with Crippen molar-refractivity contribution >= 4 is 44.6 Å². The quantitative estimate of drug-likeness (QED) is 0.288. The van der Waals surface area contributed by atoms with Crippen LogP contribution in [0.1, 0.15) is 107 Å². The first-order chi connectivity index (χ1) is 21.6. The molecule has 2 aromatic heterocycles. The van der Waals surface area contributed by atoms with E-state index in [2.05, 4.69) is 44.2 Å². The van der Waals surface area contributed by atoms with Gasteiger partial charge in [0.1, 0.15) is 22.4 Å². The molecule has 1 aromatic carbocycles. The largest absolute Gasteiger partial charge is 0.389 e. The molecule has 1 saturated heterocycles. The topological polar surface area (TPSA) is 88.1 Å². The summed E-state index contributed by atoms with van der Waals surface area (Å²) in [6.07, 6.45) is 6.72. The van der Waals surface area contributed by atoms with Crippen LogP contribution in [0.15, 0.2) is 18.9 Å². The Balaban J connectivity index is 0.000000704. The summed E-state index contributed by atoms with van der Waals surface area (Å²) in [6, 6.07) is 2.01. The Kier molecular flexibility index (Phi) is 15.0. The van der Waals surface area contributed by atoms with E-state index in [0.29, 0.717) is 30.0 Å². The fourth-order valence-electron chi connectivity index (χ4n) is 5.04. The standard InChI is InChI=1S/C26H24F3N5OS.C4H10.C3H8.C2H6/c1-4-19(28)24-21(15(6-30)25(31)36-24)13(3)20-18-11-35-10-17(18)16-7-32-26(33-23(16)22(20)29)34-8-12(2)14(5-27)9-34;1-3-4-2;1-3-2;1-2/h4,7,12,14H,3,5,8-11,31H2,1-2H3;3-4H2,1-2H3;3H2,1-2H3;1-2H3/b19-4+;;;. The predicted molar refractivity (Wildman–Crippen MR) is 183 cm³/mol. The Labute approximate surface area is 270 Å². The Morgan fingerprint density at radius 1 is 1.18 bits per heavy atom. The van der Waals surface area contributed by atoms with Crippen LogP contribution in [0.2, 0.25) is 0 Å². The summed E-state index contributed by atoms with van der Waals surface area (Å²) in [5.41, 5.74) is 7.85. The van der Waals surface area contributed by atoms with Gasteiger partial charge in [-0.2, -0.15) is 5.26 Å². The van der Waals surface area contributed by atoms with E-state index in [4.69, 9.17) is 10.5 Å². The molecule has 246 valence electrons. The molecule has 2 unspecified atom stereocenters. The van der Waals surface area contributed by atoms with E-state index in [1.165, 1.54) is 32.3 Å². The number of hydrogen-bond acceptors (Lipinski definition) is 7. The number of nitrogens with zero attached hydrogens (tertiary/aromatic N) is 4. The number of nitrogen functional groups attached to an aromatic ring is 1. The number of alkyl halides is 1. The first-order valence-corrected chi connectivity index (χ1v) is 16.7. The molecule has 6 nitrogen and oxygen atoms in total. The van der Waals surface area contributed by atoms with E-state index in [1.807, 2.05) is 31.7 Å². The lowest BCUT2D eigenvalue weighted by atomic mass is 9.89. The second-order valence-corrected chi connectivity index (χ2v) is 11.9. The number of aromatic nitrogens is 2. The SMILES string of the molecule is C=C(c1c(/C(F)=C\C)sc(N)c1C#N)c1c2c(c3cnc(N4CC(C)C(CF)C4)nc3c1F)COC2.CC.CCC.CCCC. The third-order valence-electron chi connectivity index (χ3n) is 7.56. The second-order valence-electron chi connectivity index (χ2n) is 10.8. The van der Waals surface area contributed by atoms with Gasteiger partial charge in [0.25, 0.3) is 0 Å². The van der Waals surface area contributed by atoms with Gasteiger partial charge in [0.15, 0.2) is 5.82 Å². The predicted octanol–water partition coefficient (Wildman–Crippen LogP) is 10.00. The Morgan fingerprint density at radius 3 is 2.33 bits per heavy atom. The van der Waals surface area contributed by atoms with Crippen LogP contribution in [0.5, 0.6) is 0 Å². The number of ether oxygens (including phenoxy) is 1. The van der Waals surface area contributed by atoms with Gasteiger partial charge in [-0.3, -0.25) is 4.39 Å². The number of allylic oxidation sites excluding steroid dienone is 1. The first kappa shape index (κ1) is 37.8. The van der Waals surface area contributed by atoms with Crippen molar-refractivity contribution in [2.75, 3.05) is 30.4 Å². The average Bonchev–Trinajstić information content (AvgIpc) is 3.78. The van der Waals surface area contributed by atoms with Gasteiger partial charge in [0.05, 0.1) is 30.3 Å². The monoisotopic (exact) mass is 643 g/mol. The molecule has 4 heterocycles. The molecule has 0 aliphatic carbocycles. The molecular formula is C35H48F3N5OS. The number of fused-ring (bicyclic) bond motifs is 3. The van der Waals surface area contributed by atoms with Crippen LogP contribution < -0.4 is 10.6 Å². The highest BCUT2D eigenvalue weighted by Crippen LogP contribution is 2.45. The molecule has 2 aliphatic heterocycles. The minimum atomic E-state index is -0.655. The molecule has 0 spiro atoms. The van der Waals surface area contributed by atoms with Crippen LogP contribution in [-0.2, 0) is 18.0 Å². The summed E-state index contributed by atoms with van der Waals surface area (Å²) in [5, 5.41) is 10.4. The summed E-state index contributed by atoms with van der Waals surface area (Å²) < 4.78 is 50.1. The summed E-state index contributed by atoms with van der Waals surface area (Å²) in [4.78, 5) is 11.0. The van der Waals surface area contributed by atoms with Crippen LogP contribution in [0.4, 0.5) is 24.1 Å². The minimum absolute atomic E-state index is 0.0517. The van der Waals surface area contributed by atoms with Crippen LogP contribution in [0.25, 0.3) is 22.3 Å². The van der Waals surface area contributed by atoms with Crippen LogP contribution in [-0.4, -0.2) is 29.7 Å². The van der Waals surface area contributed by atoms with Gasteiger partial charge < -0.3 is 15.4 Å². The van der Waals surface area contributed by atoms with Gasteiger partial charge in [-0.05, 0) is 29.5 Å². The van der Waals surface area contributed by atoms with E-state index in [-0.39, 0.29) is 62.7 Å². The van der Waals surface area contributed by atoms with E-state index < -0.39 is 18.3 Å². The fourth-order valence-corrected chi connectivity index (χ4v) is 6.05. The number of thiophene rings is 1. The number of benzene rings is 1. The van der Waals surface area contributed by atoms with Crippen LogP contribution in [0, 0.1) is 29.0 Å². The van der Waals surface area contributed by atoms with Crippen molar-refractivity contribution in [1.29, 1.82) is 5.26 Å². The third kappa shape index (κ3) is 8.06. The fraction of sp³-hybridized carbons (Fsp3) is 0.514. The van der Waals surface area contributed by atoms with Crippen molar-refractivity contribution in [3.8, 4) is 6.07 Å². The zero-order valence-electron chi connectivity index (χ0n) is 28.0. The van der Waals surface area contributed by atoms with Gasteiger partial charge >= 0.3 is 0 Å². The zero-order valence-corrected chi connectivity index (χ0v) is 28.8. The summed E-state index contributed by atoms with van der Waals surface area (Å²) in [7, 11) is 0. The normalized spacial score (nSPS) is 16.9. The number of unbranched alkanes of at least 4 members (excludes halogenated alkanes) is 1. The highest BCUT2D eigenvalue weighted by molar-refractivity contribution is 7.17. The molecule has 0 saturated carbocycles. The lowest BCUT2D eigenvalue weighted by Gasteiger charge is -2.19. The maximum atomic E-state index is 16.3. The van der Waals surface area contributed by atoms with Crippen molar-refractivity contribution < 1.29 is 17.9 Å². The second kappa shape index (κ2) is 17.9. The summed E-state index contributed by atoms with van der Waals surface area (Å²) in [6.45, 7) is 21.1. The van der Waals surface area contributed by atoms with Gasteiger partial charge in [-0.15, -0.1) is 11.3 Å². The molecule has 3 aromatic rings. The maximum absolute atomic E-state index is 16.3. The van der Waals surface area contributed by atoms with Crippen molar-refractivity contribution in [2.45, 2.75) is 87.9 Å². The molecule has 5 rings (SSSR count). The maximum Gasteiger partial charge on any atom is 0.225 e. The van der Waals surface area contributed by atoms with Crippen molar-refractivity contribution in [1.82, 2.24) is 9.97 Å². The van der Waals surface area contributed by atoms with Crippen LogP contribution in [0.3, 0.4) is 0 Å². The van der Waals surface area contributed by atoms with E-state index in [0.717, 1.165) is 16.9 Å². The molecule has 2 N–H and O–H groups in total. The lowest BCUT2D eigenvalue weighted by molar-refractivity contribution is 0.134. The number of rotatable bonds is 6. The number of nitriles is 1. The smallest absolute Gasteiger partial charge is 0.225 e. The van der Waals surface area contributed by atoms with Crippen molar-refractivity contribution in [3.05, 3.63) is 57.4 Å². The Hall–Kier alpha value is -3.42. The Bertz CT molecular complexity index is 1530. The molecule has 0 radical (unpaired) electrons. The highest BCUT2D eigenvalue weighted by Gasteiger charge is 2.33. The van der Waals surface area contributed by atoms with Gasteiger partial charge in [-0.1, -0.05) is 80.4 Å². The van der Waals surface area contributed by atoms with Crippen molar-refractivity contribution in [3.63, 3.8) is 0 Å². The Morgan fingerprint density at radius 2 is 1.80 bits per heavy atom. The van der Waals surface area contributed by atoms with Gasteiger partial charge in [0, 0.05) is 41.7 Å². The average molecular weight is 644 g/mol. The van der Waals surface area contributed by atoms with Crippen molar-refractivity contribution in [2.24, 2.45) is 11.8 Å². The summed E-state index contributed by atoms with van der Waals surface area (Å²) >= 11 is 0.920.